The molecule has 0 bridgehead atoms. The van der Waals surface area contributed by atoms with E-state index in [1.165, 1.54) is 0 Å². The van der Waals surface area contributed by atoms with Gasteiger partial charge in [0.25, 0.3) is 0 Å². The van der Waals surface area contributed by atoms with E-state index in [0.717, 1.165) is 43.3 Å². The van der Waals surface area contributed by atoms with Crippen molar-refractivity contribution in [3.63, 3.8) is 0 Å². The molecule has 0 N–H and O–H groups in total. The van der Waals surface area contributed by atoms with Gasteiger partial charge in [-0.25, -0.2) is 0 Å². The van der Waals surface area contributed by atoms with E-state index in [9.17, 15) is 9.59 Å². The van der Waals surface area contributed by atoms with Crippen LogP contribution in [0.15, 0.2) is 22.8 Å². The molecule has 4 rings (SSSR count). The maximum absolute atomic E-state index is 12.6. The van der Waals surface area contributed by atoms with Gasteiger partial charge in [-0.3, -0.25) is 9.59 Å². The van der Waals surface area contributed by atoms with Crippen LogP contribution in [0.3, 0.4) is 0 Å². The molecular formula is C21H26BrClO2. The summed E-state index contributed by atoms with van der Waals surface area (Å²) in [6, 6.07) is 0. The van der Waals surface area contributed by atoms with Gasteiger partial charge in [0.1, 0.15) is 5.78 Å². The highest BCUT2D eigenvalue weighted by molar-refractivity contribution is 9.10. The molecule has 0 aliphatic heterocycles. The third-order valence-electron chi connectivity index (χ3n) is 8.36. The van der Waals surface area contributed by atoms with Gasteiger partial charge >= 0.3 is 0 Å². The van der Waals surface area contributed by atoms with E-state index in [-0.39, 0.29) is 27.4 Å². The third-order valence-corrected chi connectivity index (χ3v) is 9.95. The monoisotopic (exact) mass is 424 g/mol. The molecule has 0 aromatic carbocycles. The molecule has 0 aromatic heterocycles. The molecule has 0 amide bonds. The van der Waals surface area contributed by atoms with Crippen molar-refractivity contribution in [1.29, 1.82) is 0 Å². The number of fused-ring (bicyclic) bond motifs is 5. The summed E-state index contributed by atoms with van der Waals surface area (Å²) < 4.78 is 0. The van der Waals surface area contributed by atoms with Gasteiger partial charge in [0.05, 0.1) is 9.86 Å². The summed E-state index contributed by atoms with van der Waals surface area (Å²) in [6.07, 6.45) is 4.63. The van der Waals surface area contributed by atoms with E-state index in [4.69, 9.17) is 11.6 Å². The molecule has 0 radical (unpaired) electrons. The lowest BCUT2D eigenvalue weighted by molar-refractivity contribution is -0.132. The summed E-state index contributed by atoms with van der Waals surface area (Å²) in [5.74, 6) is 2.02. The second kappa shape index (κ2) is 5.55. The van der Waals surface area contributed by atoms with Crippen LogP contribution in [0.1, 0.15) is 52.9 Å². The third kappa shape index (κ3) is 2.09. The molecule has 0 aromatic rings. The summed E-state index contributed by atoms with van der Waals surface area (Å²) >= 11 is 10.2. The van der Waals surface area contributed by atoms with Gasteiger partial charge in [0.2, 0.25) is 0 Å². The van der Waals surface area contributed by atoms with Gasteiger partial charge in [-0.2, -0.15) is 0 Å². The highest BCUT2D eigenvalue weighted by Gasteiger charge is 2.62. The van der Waals surface area contributed by atoms with Crippen LogP contribution in [0.25, 0.3) is 0 Å². The fourth-order valence-electron chi connectivity index (χ4n) is 6.77. The fraction of sp³-hybridized carbons (Fsp3) is 0.714. The van der Waals surface area contributed by atoms with Crippen LogP contribution in [0.5, 0.6) is 0 Å². The Hall–Kier alpha value is -0.410. The van der Waals surface area contributed by atoms with Crippen LogP contribution in [-0.4, -0.2) is 16.4 Å². The van der Waals surface area contributed by atoms with E-state index < -0.39 is 0 Å². The molecule has 0 spiro atoms. The Bertz CT molecular complexity index is 725. The van der Waals surface area contributed by atoms with Crippen molar-refractivity contribution in [3.8, 4) is 0 Å². The number of hydrogen-bond donors (Lipinski definition) is 0. The van der Waals surface area contributed by atoms with E-state index in [1.807, 2.05) is 0 Å². The molecule has 7 atom stereocenters. The first-order valence-electron chi connectivity index (χ1n) is 9.44. The van der Waals surface area contributed by atoms with Crippen molar-refractivity contribution in [2.24, 2.45) is 34.5 Å². The topological polar surface area (TPSA) is 34.1 Å². The zero-order valence-electron chi connectivity index (χ0n) is 15.2. The number of rotatable bonds is 0. The Morgan fingerprint density at radius 3 is 2.56 bits per heavy atom. The molecular weight excluding hydrogens is 400 g/mol. The molecule has 3 saturated carbocycles. The first kappa shape index (κ1) is 18.0. The number of ketones is 2. The molecule has 25 heavy (non-hydrogen) atoms. The molecule has 0 heterocycles. The van der Waals surface area contributed by atoms with Gasteiger partial charge < -0.3 is 0 Å². The smallest absolute Gasteiger partial charge is 0.188 e. The van der Waals surface area contributed by atoms with Gasteiger partial charge in [-0.15, -0.1) is 0 Å². The lowest BCUT2D eigenvalue weighted by atomic mass is 9.44. The summed E-state index contributed by atoms with van der Waals surface area (Å²) in [5, 5.41) is 0.391. The number of alkyl halides is 1. The Balaban J connectivity index is 1.85. The maximum atomic E-state index is 12.6. The molecule has 2 nitrogen and oxygen atoms in total. The van der Waals surface area contributed by atoms with Crippen molar-refractivity contribution in [1.82, 2.24) is 0 Å². The van der Waals surface area contributed by atoms with Crippen LogP contribution in [0.4, 0.5) is 0 Å². The summed E-state index contributed by atoms with van der Waals surface area (Å²) in [7, 11) is 0. The molecule has 2 unspecified atom stereocenters. The average Bonchev–Trinajstić information content (AvgIpc) is 2.87. The maximum Gasteiger partial charge on any atom is 0.188 e. The van der Waals surface area contributed by atoms with Crippen molar-refractivity contribution in [3.05, 3.63) is 22.8 Å². The zero-order valence-corrected chi connectivity index (χ0v) is 17.5. The minimum absolute atomic E-state index is 0.00191. The van der Waals surface area contributed by atoms with Crippen LogP contribution in [-0.2, 0) is 9.59 Å². The van der Waals surface area contributed by atoms with Gasteiger partial charge in [0, 0.05) is 17.3 Å². The molecule has 3 fully saturated rings. The number of carbonyl (C=O) groups excluding carboxylic acids is 2. The number of hydrogen-bond acceptors (Lipinski definition) is 2. The van der Waals surface area contributed by atoms with Gasteiger partial charge in [0.15, 0.2) is 5.78 Å². The predicted molar refractivity (Wildman–Crippen MR) is 104 cm³/mol. The Morgan fingerprint density at radius 2 is 1.88 bits per heavy atom. The highest BCUT2D eigenvalue weighted by Crippen LogP contribution is 2.67. The number of halogens is 2. The molecule has 136 valence electrons. The summed E-state index contributed by atoms with van der Waals surface area (Å²) in [4.78, 5) is 24.9. The summed E-state index contributed by atoms with van der Waals surface area (Å²) in [5.41, 5.74) is 1.74. The number of allylic oxidation sites excluding steroid dienone is 2. The van der Waals surface area contributed by atoms with Crippen LogP contribution < -0.4 is 0 Å². The second-order valence-corrected chi connectivity index (χ2v) is 10.5. The predicted octanol–water partition coefficient (Wildman–Crippen LogP) is 5.44. The zero-order chi connectivity index (χ0) is 18.3. The lowest BCUT2D eigenvalue weighted by Crippen LogP contribution is -2.56. The van der Waals surface area contributed by atoms with Crippen molar-refractivity contribution < 1.29 is 9.59 Å². The van der Waals surface area contributed by atoms with Gasteiger partial charge in [-0.1, -0.05) is 54.9 Å². The van der Waals surface area contributed by atoms with E-state index in [0.29, 0.717) is 28.6 Å². The van der Waals surface area contributed by atoms with Crippen molar-refractivity contribution in [2.45, 2.75) is 57.7 Å². The van der Waals surface area contributed by atoms with E-state index in [1.54, 1.807) is 0 Å². The van der Waals surface area contributed by atoms with Crippen molar-refractivity contribution >= 4 is 39.1 Å². The Morgan fingerprint density at radius 1 is 1.20 bits per heavy atom. The second-order valence-electron chi connectivity index (χ2n) is 9.13. The van der Waals surface area contributed by atoms with E-state index >= 15 is 0 Å². The van der Waals surface area contributed by atoms with Crippen LogP contribution in [0, 0.1) is 34.5 Å². The van der Waals surface area contributed by atoms with Crippen LogP contribution >= 0.6 is 27.5 Å². The first-order valence-corrected chi connectivity index (χ1v) is 10.7. The minimum Gasteiger partial charge on any atom is -0.299 e. The fourth-order valence-corrected chi connectivity index (χ4v) is 8.14. The van der Waals surface area contributed by atoms with Crippen molar-refractivity contribution in [2.75, 3.05) is 0 Å². The highest BCUT2D eigenvalue weighted by atomic mass is 79.9. The number of Topliss-reactive ketones (excluding diaryl/α,β-unsaturated/α-hetero) is 2. The quantitative estimate of drug-likeness (QED) is 0.484. The Labute approximate surface area is 163 Å². The SMILES string of the molecule is C=C1C[C@@H]2[C@@H](CC[C@]3(C)C(=O)CC[C@@H]23)[C@]2(C)C1=C(Cl)C(=O)C(Br)C2C. The standard InChI is InChI=1S/C21H26BrClO2/c1-10-9-12-13-5-6-15(24)20(13,3)8-7-14(12)21(4)11(2)17(22)19(25)18(23)16(10)21/h11-14,17H,1,5-9H2,2-4H3/t11?,12-,13-,14+,17?,20-,21+/m0/s1. The lowest BCUT2D eigenvalue weighted by Gasteiger charge is -2.60. The minimum atomic E-state index is -0.237. The summed E-state index contributed by atoms with van der Waals surface area (Å²) in [6.45, 7) is 11.0. The normalized spacial score (nSPS) is 49.8. The Kier molecular flexibility index (Phi) is 3.99. The molecule has 0 saturated heterocycles. The first-order chi connectivity index (χ1) is 11.6. The van der Waals surface area contributed by atoms with Gasteiger partial charge in [-0.05, 0) is 60.5 Å². The molecule has 4 aliphatic rings. The molecule has 4 heteroatoms. The largest absolute Gasteiger partial charge is 0.299 e. The van der Waals surface area contributed by atoms with E-state index in [2.05, 4.69) is 43.3 Å². The van der Waals surface area contributed by atoms with Crippen LogP contribution in [0.2, 0.25) is 0 Å². The number of carbonyl (C=O) groups is 2. The average molecular weight is 426 g/mol. The molecule has 4 aliphatic carbocycles.